The van der Waals surface area contributed by atoms with Crippen LogP contribution in [0.25, 0.3) is 10.9 Å². The molecule has 0 spiro atoms. The second kappa shape index (κ2) is 10.1. The monoisotopic (exact) mass is 482 g/mol. The fourth-order valence-electron chi connectivity index (χ4n) is 4.38. The number of aromatic carboxylic acids is 1. The predicted molar refractivity (Wildman–Crippen MR) is 131 cm³/mol. The molecule has 10 heteroatoms. The summed E-state index contributed by atoms with van der Waals surface area (Å²) >= 11 is 0. The number of nitrogens with zero attached hydrogens (tertiary/aromatic N) is 4. The molecule has 1 aliphatic rings. The van der Waals surface area contributed by atoms with Gasteiger partial charge in [-0.25, -0.2) is 9.18 Å². The van der Waals surface area contributed by atoms with Crippen LogP contribution in [0.15, 0.2) is 52.5 Å². The number of hydrogen-bond donors (Lipinski definition) is 2. The van der Waals surface area contributed by atoms with Crippen LogP contribution in [-0.2, 0) is 6.54 Å². The van der Waals surface area contributed by atoms with Gasteiger partial charge in [-0.2, -0.15) is 0 Å². The van der Waals surface area contributed by atoms with Crippen LogP contribution in [0, 0.1) is 5.82 Å². The minimum absolute atomic E-state index is 0.0509. The fourth-order valence-corrected chi connectivity index (χ4v) is 4.38. The quantitative estimate of drug-likeness (QED) is 0.303. The van der Waals surface area contributed by atoms with E-state index in [1.165, 1.54) is 6.20 Å². The number of fused-ring (bicyclic) bond motifs is 1. The van der Waals surface area contributed by atoms with Gasteiger partial charge in [-0.1, -0.05) is 5.16 Å². The zero-order chi connectivity index (χ0) is 25.1. The molecule has 1 fully saturated rings. The first-order valence-corrected chi connectivity index (χ1v) is 11.3. The van der Waals surface area contributed by atoms with Crippen LogP contribution in [0.1, 0.15) is 22.8 Å². The van der Waals surface area contributed by atoms with E-state index in [0.29, 0.717) is 61.9 Å². The lowest BCUT2D eigenvalue weighted by Crippen LogP contribution is -2.48. The summed E-state index contributed by atoms with van der Waals surface area (Å²) in [7, 11) is 1.59. The van der Waals surface area contributed by atoms with Crippen molar-refractivity contribution in [3.8, 4) is 5.75 Å². The summed E-state index contributed by atoms with van der Waals surface area (Å²) < 4.78 is 21.9. The van der Waals surface area contributed by atoms with Crippen LogP contribution in [0.5, 0.6) is 5.75 Å². The summed E-state index contributed by atoms with van der Waals surface area (Å²) in [5, 5.41) is 22.4. The van der Waals surface area contributed by atoms with Crippen molar-refractivity contribution in [2.75, 3.05) is 44.7 Å². The second-order valence-corrected chi connectivity index (χ2v) is 8.32. The van der Waals surface area contributed by atoms with Gasteiger partial charge in [-0.3, -0.25) is 9.69 Å². The first-order valence-electron chi connectivity index (χ1n) is 11.3. The number of hydrogen-bond acceptors (Lipinski definition) is 7. The molecule has 2 N–H and O–H groups in total. The highest BCUT2D eigenvalue weighted by atomic mass is 19.1. The molecule has 3 aromatic rings. The molecule has 0 unspecified atom stereocenters. The van der Waals surface area contributed by atoms with Gasteiger partial charge >= 0.3 is 5.97 Å². The summed E-state index contributed by atoms with van der Waals surface area (Å²) in [6, 6.07) is 10.0. The average molecular weight is 483 g/mol. The zero-order valence-corrected chi connectivity index (χ0v) is 19.6. The first kappa shape index (κ1) is 24.2. The van der Waals surface area contributed by atoms with Gasteiger partial charge in [-0.05, 0) is 43.3 Å². The number of carboxylic acid groups (broad SMARTS) is 1. The topological polar surface area (TPSA) is 108 Å². The maximum absolute atomic E-state index is 15.1. The summed E-state index contributed by atoms with van der Waals surface area (Å²) in [5.41, 5.74) is 1.11. The number of carbonyl (C=O) groups is 1. The van der Waals surface area contributed by atoms with Crippen LogP contribution in [0.2, 0.25) is 0 Å². The molecule has 2 heterocycles. The van der Waals surface area contributed by atoms with Crippen molar-refractivity contribution < 1.29 is 24.2 Å². The van der Waals surface area contributed by atoms with E-state index in [1.54, 1.807) is 29.9 Å². The number of oxime groups is 1. The number of pyridine rings is 1. The summed E-state index contributed by atoms with van der Waals surface area (Å²) in [4.78, 5) is 28.0. The van der Waals surface area contributed by atoms with Gasteiger partial charge in [0.25, 0.3) is 0 Å². The molecular formula is C25H27FN4O5. The Hall–Kier alpha value is -3.92. The Labute approximate surface area is 201 Å². The largest absolute Gasteiger partial charge is 0.497 e. The van der Waals surface area contributed by atoms with Crippen molar-refractivity contribution in [2.45, 2.75) is 13.5 Å². The van der Waals surface area contributed by atoms with Crippen LogP contribution in [0.3, 0.4) is 0 Å². The van der Waals surface area contributed by atoms with E-state index in [4.69, 9.17) is 4.74 Å². The third-order valence-electron chi connectivity index (χ3n) is 6.35. The van der Waals surface area contributed by atoms with Gasteiger partial charge in [0.15, 0.2) is 0 Å². The molecule has 0 aliphatic carbocycles. The van der Waals surface area contributed by atoms with E-state index in [2.05, 4.69) is 10.1 Å². The molecule has 0 saturated carbocycles. The Bertz CT molecular complexity index is 1330. The highest BCUT2D eigenvalue weighted by Crippen LogP contribution is 2.26. The molecule has 184 valence electrons. The van der Waals surface area contributed by atoms with Crippen molar-refractivity contribution in [3.05, 3.63) is 69.8 Å². The standard InChI is InChI=1S/C25H27FN4O5/c1-3-29-14-19(25(32)33)24(31)18-12-20(26)23(13-22(18)29)30-10-8-28(9-11-30)15-21(27-34)16-4-6-17(35-2)7-5-16/h4-7,12-14,34H,3,8-11,15H2,1-2H3,(H,32,33). The number of carboxylic acids is 1. The molecule has 0 atom stereocenters. The third-order valence-corrected chi connectivity index (χ3v) is 6.35. The molecule has 0 bridgehead atoms. The molecule has 1 saturated heterocycles. The normalized spacial score (nSPS) is 14.9. The maximum atomic E-state index is 15.1. The maximum Gasteiger partial charge on any atom is 0.341 e. The van der Waals surface area contributed by atoms with E-state index in [1.807, 2.05) is 24.0 Å². The van der Waals surface area contributed by atoms with E-state index >= 15 is 4.39 Å². The molecule has 1 aliphatic heterocycles. The number of halogens is 1. The number of aryl methyl sites for hydroxylation is 1. The Morgan fingerprint density at radius 2 is 1.83 bits per heavy atom. The lowest BCUT2D eigenvalue weighted by atomic mass is 10.1. The van der Waals surface area contributed by atoms with Gasteiger partial charge in [-0.15, -0.1) is 0 Å². The number of rotatable bonds is 7. The van der Waals surface area contributed by atoms with Crippen molar-refractivity contribution >= 4 is 28.3 Å². The van der Waals surface area contributed by atoms with Gasteiger partial charge in [0.05, 0.1) is 18.3 Å². The number of ether oxygens (including phenoxy) is 1. The summed E-state index contributed by atoms with van der Waals surface area (Å²) in [6.07, 6.45) is 1.31. The Kier molecular flexibility index (Phi) is 7.02. The highest BCUT2D eigenvalue weighted by Gasteiger charge is 2.23. The van der Waals surface area contributed by atoms with Crippen LogP contribution in [0.4, 0.5) is 10.1 Å². The predicted octanol–water partition coefficient (Wildman–Crippen LogP) is 2.87. The van der Waals surface area contributed by atoms with Crippen molar-refractivity contribution in [2.24, 2.45) is 5.16 Å². The van der Waals surface area contributed by atoms with Crippen molar-refractivity contribution in [1.29, 1.82) is 0 Å². The summed E-state index contributed by atoms with van der Waals surface area (Å²) in [6.45, 7) is 5.01. The molecule has 9 nitrogen and oxygen atoms in total. The number of piperazine rings is 1. The molecule has 35 heavy (non-hydrogen) atoms. The van der Waals surface area contributed by atoms with Gasteiger partial charge < -0.3 is 24.5 Å². The fraction of sp³-hybridized carbons (Fsp3) is 0.320. The number of benzene rings is 2. The minimum Gasteiger partial charge on any atom is -0.497 e. The minimum atomic E-state index is -1.33. The number of methoxy groups -OCH3 is 1. The SMILES string of the molecule is CCn1cc(C(=O)O)c(=O)c2cc(F)c(N3CCN(CC(=NO)c4ccc(OC)cc4)CC3)cc21. The smallest absolute Gasteiger partial charge is 0.341 e. The van der Waals surface area contributed by atoms with Crippen molar-refractivity contribution in [3.63, 3.8) is 0 Å². The first-order chi connectivity index (χ1) is 16.9. The summed E-state index contributed by atoms with van der Waals surface area (Å²) in [5.74, 6) is -1.19. The average Bonchev–Trinajstić information content (AvgIpc) is 2.88. The van der Waals surface area contributed by atoms with Gasteiger partial charge in [0.2, 0.25) is 5.43 Å². The molecule has 0 radical (unpaired) electrons. The molecule has 0 amide bonds. The zero-order valence-electron chi connectivity index (χ0n) is 19.6. The number of aromatic nitrogens is 1. The molecule has 1 aromatic heterocycles. The third kappa shape index (κ3) is 4.83. The van der Waals surface area contributed by atoms with Crippen molar-refractivity contribution in [1.82, 2.24) is 9.47 Å². The van der Waals surface area contributed by atoms with E-state index in [-0.39, 0.29) is 10.9 Å². The van der Waals surface area contributed by atoms with Crippen LogP contribution < -0.4 is 15.1 Å². The van der Waals surface area contributed by atoms with Gasteiger partial charge in [0.1, 0.15) is 22.8 Å². The van der Waals surface area contributed by atoms with E-state index in [0.717, 1.165) is 11.6 Å². The molecule has 2 aromatic carbocycles. The Morgan fingerprint density at radius 1 is 1.14 bits per heavy atom. The molecule has 4 rings (SSSR count). The Balaban J connectivity index is 1.52. The Morgan fingerprint density at radius 3 is 2.40 bits per heavy atom. The highest BCUT2D eigenvalue weighted by molar-refractivity contribution is 6.01. The lowest BCUT2D eigenvalue weighted by molar-refractivity contribution is 0.0695. The second-order valence-electron chi connectivity index (χ2n) is 8.32. The van der Waals surface area contributed by atoms with Crippen LogP contribution in [-0.4, -0.2) is 71.3 Å². The van der Waals surface area contributed by atoms with E-state index in [9.17, 15) is 19.9 Å². The lowest BCUT2D eigenvalue weighted by Gasteiger charge is -2.36. The molecular weight excluding hydrogens is 455 g/mol. The van der Waals surface area contributed by atoms with Gasteiger partial charge in [0, 0.05) is 56.4 Å². The van der Waals surface area contributed by atoms with E-state index < -0.39 is 17.2 Å². The van der Waals surface area contributed by atoms with Crippen LogP contribution >= 0.6 is 0 Å². The number of anilines is 1.